The van der Waals surface area contributed by atoms with Crippen molar-refractivity contribution in [3.63, 3.8) is 0 Å². The van der Waals surface area contributed by atoms with E-state index >= 15 is 0 Å². The van der Waals surface area contributed by atoms with Crippen LogP contribution in [0.4, 0.5) is 0 Å². The minimum Gasteiger partial charge on any atom is -0.493 e. The number of carbonyl (C=O) groups excluding carboxylic acids is 1. The Morgan fingerprint density at radius 1 is 1.43 bits per heavy atom. The zero-order valence-electron chi connectivity index (χ0n) is 13.4. The quantitative estimate of drug-likeness (QED) is 0.895. The molecule has 0 heterocycles. The van der Waals surface area contributed by atoms with Crippen LogP contribution in [0.2, 0.25) is 5.02 Å². The zero-order chi connectivity index (χ0) is 16.8. The first-order valence-corrected chi connectivity index (χ1v) is 8.12. The number of hydrogen-bond donors (Lipinski definition) is 1. The van der Waals surface area contributed by atoms with Gasteiger partial charge in [0.15, 0.2) is 18.1 Å². The smallest absolute Gasteiger partial charge is 0.258 e. The third kappa shape index (κ3) is 4.52. The number of hydrogen-bond acceptors (Lipinski definition) is 4. The van der Waals surface area contributed by atoms with Crippen molar-refractivity contribution in [3.05, 3.63) is 22.7 Å². The lowest BCUT2D eigenvalue weighted by Crippen LogP contribution is -2.43. The second-order valence-corrected chi connectivity index (χ2v) is 6.23. The van der Waals surface area contributed by atoms with Gasteiger partial charge in [-0.3, -0.25) is 4.79 Å². The number of ether oxygens (including phenoxy) is 2. The number of nitrogens with zero attached hydrogens (tertiary/aromatic N) is 1. The number of rotatable bonds is 5. The monoisotopic (exact) mass is 336 g/mol. The SMILES string of the molecule is COc1cc(C#N)cc(Cl)c1OCC(=O)N[C@@H]1CCCC[C@H]1C. The molecule has 1 aliphatic carbocycles. The van der Waals surface area contributed by atoms with E-state index in [1.807, 2.05) is 6.07 Å². The lowest BCUT2D eigenvalue weighted by molar-refractivity contribution is -0.124. The van der Waals surface area contributed by atoms with E-state index in [1.54, 1.807) is 0 Å². The number of methoxy groups -OCH3 is 1. The van der Waals surface area contributed by atoms with E-state index < -0.39 is 0 Å². The standard InChI is InChI=1S/C17H21ClN2O3/c1-11-5-3-4-6-14(11)20-16(21)10-23-17-13(18)7-12(9-19)8-15(17)22-2/h7-8,11,14H,3-6,10H2,1-2H3,(H,20,21)/t11-,14-/m1/s1. The lowest BCUT2D eigenvalue weighted by Gasteiger charge is -2.29. The highest BCUT2D eigenvalue weighted by Gasteiger charge is 2.23. The van der Waals surface area contributed by atoms with E-state index in [-0.39, 0.29) is 29.3 Å². The Hall–Kier alpha value is -1.93. The van der Waals surface area contributed by atoms with Crippen LogP contribution in [0.1, 0.15) is 38.2 Å². The molecule has 0 spiro atoms. The molecule has 0 saturated heterocycles. The van der Waals surface area contributed by atoms with Crippen LogP contribution in [0.5, 0.6) is 11.5 Å². The minimum atomic E-state index is -0.175. The Bertz CT molecular complexity index is 613. The third-order valence-electron chi connectivity index (χ3n) is 4.16. The van der Waals surface area contributed by atoms with Crippen molar-refractivity contribution in [1.29, 1.82) is 5.26 Å². The van der Waals surface area contributed by atoms with Crippen LogP contribution in [-0.4, -0.2) is 25.7 Å². The van der Waals surface area contributed by atoms with E-state index in [1.165, 1.54) is 25.7 Å². The number of benzene rings is 1. The molecule has 0 aromatic heterocycles. The Kier molecular flexibility index (Phi) is 6.12. The molecule has 0 radical (unpaired) electrons. The zero-order valence-corrected chi connectivity index (χ0v) is 14.2. The molecule has 0 aliphatic heterocycles. The molecule has 0 unspecified atom stereocenters. The van der Waals surface area contributed by atoms with Crippen molar-refractivity contribution in [2.45, 2.75) is 38.6 Å². The molecule has 1 amide bonds. The first-order chi connectivity index (χ1) is 11.0. The molecule has 1 aliphatic rings. The van der Waals surface area contributed by atoms with E-state index in [2.05, 4.69) is 12.2 Å². The molecule has 5 nitrogen and oxygen atoms in total. The Balaban J connectivity index is 1.97. The van der Waals surface area contributed by atoms with Crippen LogP contribution < -0.4 is 14.8 Å². The van der Waals surface area contributed by atoms with Crippen molar-refractivity contribution in [2.75, 3.05) is 13.7 Å². The fraction of sp³-hybridized carbons (Fsp3) is 0.529. The largest absolute Gasteiger partial charge is 0.493 e. The first kappa shape index (κ1) is 17.4. The Labute approximate surface area is 141 Å². The summed E-state index contributed by atoms with van der Waals surface area (Å²) in [6.07, 6.45) is 4.52. The summed E-state index contributed by atoms with van der Waals surface area (Å²) in [4.78, 5) is 12.1. The summed E-state index contributed by atoms with van der Waals surface area (Å²) in [5.41, 5.74) is 0.375. The van der Waals surface area contributed by atoms with Crippen LogP contribution in [-0.2, 0) is 4.79 Å². The van der Waals surface area contributed by atoms with Gasteiger partial charge in [0.25, 0.3) is 5.91 Å². The van der Waals surface area contributed by atoms with Crippen molar-refractivity contribution in [1.82, 2.24) is 5.32 Å². The number of nitrogens with one attached hydrogen (secondary N) is 1. The lowest BCUT2D eigenvalue weighted by atomic mass is 9.86. The fourth-order valence-electron chi connectivity index (χ4n) is 2.84. The average Bonchev–Trinajstić information content (AvgIpc) is 2.55. The first-order valence-electron chi connectivity index (χ1n) is 7.75. The molecule has 2 rings (SSSR count). The second-order valence-electron chi connectivity index (χ2n) is 5.83. The average molecular weight is 337 g/mol. The predicted octanol–water partition coefficient (Wildman–Crippen LogP) is 3.29. The van der Waals surface area contributed by atoms with E-state index in [0.29, 0.717) is 17.2 Å². The van der Waals surface area contributed by atoms with Gasteiger partial charge in [0.1, 0.15) is 0 Å². The van der Waals surface area contributed by atoms with Crippen molar-refractivity contribution >= 4 is 17.5 Å². The van der Waals surface area contributed by atoms with Gasteiger partial charge in [-0.15, -0.1) is 0 Å². The normalized spacial score (nSPS) is 20.4. The van der Waals surface area contributed by atoms with Crippen LogP contribution in [0.25, 0.3) is 0 Å². The summed E-state index contributed by atoms with van der Waals surface area (Å²) in [7, 11) is 1.46. The summed E-state index contributed by atoms with van der Waals surface area (Å²) < 4.78 is 10.7. The van der Waals surface area contributed by atoms with Crippen molar-refractivity contribution < 1.29 is 14.3 Å². The maximum absolute atomic E-state index is 12.1. The molecule has 1 aromatic carbocycles. The Morgan fingerprint density at radius 2 is 2.17 bits per heavy atom. The van der Waals surface area contributed by atoms with Crippen LogP contribution in [0.15, 0.2) is 12.1 Å². The molecule has 6 heteroatoms. The van der Waals surface area contributed by atoms with Gasteiger partial charge in [0.05, 0.1) is 23.8 Å². The molecule has 1 N–H and O–H groups in total. The molecule has 1 fully saturated rings. The predicted molar refractivity (Wildman–Crippen MR) is 87.8 cm³/mol. The second kappa shape index (κ2) is 8.07. The highest BCUT2D eigenvalue weighted by molar-refractivity contribution is 6.32. The highest BCUT2D eigenvalue weighted by atomic mass is 35.5. The maximum atomic E-state index is 12.1. The number of halogens is 1. The Morgan fingerprint density at radius 3 is 2.83 bits per heavy atom. The van der Waals surface area contributed by atoms with Gasteiger partial charge in [-0.1, -0.05) is 31.4 Å². The topological polar surface area (TPSA) is 71.3 Å². The van der Waals surface area contributed by atoms with Crippen LogP contribution in [0, 0.1) is 17.2 Å². The van der Waals surface area contributed by atoms with Gasteiger partial charge in [-0.25, -0.2) is 0 Å². The fourth-order valence-corrected chi connectivity index (χ4v) is 3.11. The summed E-state index contributed by atoms with van der Waals surface area (Å²) in [6, 6.07) is 5.22. The molecule has 23 heavy (non-hydrogen) atoms. The maximum Gasteiger partial charge on any atom is 0.258 e. The van der Waals surface area contributed by atoms with Crippen LogP contribution >= 0.6 is 11.6 Å². The molecule has 1 saturated carbocycles. The summed E-state index contributed by atoms with van der Waals surface area (Å²) in [6.45, 7) is 2.02. The molecule has 0 bridgehead atoms. The molecular weight excluding hydrogens is 316 g/mol. The van der Waals surface area contributed by atoms with E-state index in [4.69, 9.17) is 26.3 Å². The molecule has 1 aromatic rings. The van der Waals surface area contributed by atoms with Crippen molar-refractivity contribution in [3.8, 4) is 17.6 Å². The van der Waals surface area contributed by atoms with Gasteiger partial charge in [-0.2, -0.15) is 5.26 Å². The van der Waals surface area contributed by atoms with Gasteiger partial charge >= 0.3 is 0 Å². The van der Waals surface area contributed by atoms with Crippen LogP contribution in [0.3, 0.4) is 0 Å². The summed E-state index contributed by atoms with van der Waals surface area (Å²) >= 11 is 6.10. The van der Waals surface area contributed by atoms with Gasteiger partial charge in [-0.05, 0) is 24.8 Å². The van der Waals surface area contributed by atoms with Gasteiger partial charge in [0, 0.05) is 12.1 Å². The highest BCUT2D eigenvalue weighted by Crippen LogP contribution is 2.36. The molecule has 2 atom stereocenters. The number of nitriles is 1. The minimum absolute atomic E-state index is 0.134. The summed E-state index contributed by atoms with van der Waals surface area (Å²) in [5, 5.41) is 12.2. The number of amides is 1. The summed E-state index contributed by atoms with van der Waals surface area (Å²) in [5.74, 6) is 0.930. The van der Waals surface area contributed by atoms with Gasteiger partial charge < -0.3 is 14.8 Å². The van der Waals surface area contributed by atoms with E-state index in [9.17, 15) is 4.79 Å². The number of carbonyl (C=O) groups is 1. The molecule has 124 valence electrons. The van der Waals surface area contributed by atoms with E-state index in [0.717, 1.165) is 19.3 Å². The third-order valence-corrected chi connectivity index (χ3v) is 4.44. The van der Waals surface area contributed by atoms with Crippen molar-refractivity contribution in [2.24, 2.45) is 5.92 Å². The van der Waals surface area contributed by atoms with Gasteiger partial charge in [0.2, 0.25) is 0 Å². The molecular formula is C17H21ClN2O3.